The molecule has 0 amide bonds. The van der Waals surface area contributed by atoms with E-state index in [4.69, 9.17) is 19.1 Å². The average molecular weight is 493 g/mol. The second-order valence-corrected chi connectivity index (χ2v) is 10.4. The molecule has 0 fully saturated rings. The van der Waals surface area contributed by atoms with Crippen molar-refractivity contribution in [2.24, 2.45) is 0 Å². The molecule has 9 rings (SSSR count). The van der Waals surface area contributed by atoms with E-state index in [1.54, 1.807) is 11.3 Å². The summed E-state index contributed by atoms with van der Waals surface area (Å²) in [5.41, 5.74) is 5.47. The van der Waals surface area contributed by atoms with Gasteiger partial charge in [0.25, 0.3) is 0 Å². The molecule has 8 aromatic rings. The first kappa shape index (κ1) is 19.4. The van der Waals surface area contributed by atoms with Crippen LogP contribution in [0.15, 0.2) is 101 Å². The van der Waals surface area contributed by atoms with Gasteiger partial charge in [-0.25, -0.2) is 9.97 Å². The van der Waals surface area contributed by atoms with Gasteiger partial charge in [-0.1, -0.05) is 66.7 Å². The van der Waals surface area contributed by atoms with Gasteiger partial charge >= 0.3 is 0 Å². The molecule has 0 radical (unpaired) electrons. The third-order valence-electron chi connectivity index (χ3n) is 7.26. The molecular formula is C32H16N2O2S. The minimum absolute atomic E-state index is 0.661. The predicted molar refractivity (Wildman–Crippen MR) is 151 cm³/mol. The van der Waals surface area contributed by atoms with Crippen LogP contribution in [0.4, 0.5) is 0 Å². The second kappa shape index (κ2) is 6.93. The fraction of sp³-hybridized carbons (Fsp3) is 0. The van der Waals surface area contributed by atoms with Crippen LogP contribution in [0.1, 0.15) is 0 Å². The Morgan fingerprint density at radius 1 is 0.676 bits per heavy atom. The monoisotopic (exact) mass is 492 g/mol. The van der Waals surface area contributed by atoms with E-state index < -0.39 is 0 Å². The van der Waals surface area contributed by atoms with E-state index in [-0.39, 0.29) is 0 Å². The molecule has 0 bridgehead atoms. The van der Waals surface area contributed by atoms with Crippen LogP contribution in [0.5, 0.6) is 11.5 Å². The SMILES string of the molecule is c1ccc(-c2nc(-c3cc4cccc5c4c4c3oc3cccc(c34)O5)nc3c2sc2ccccc23)cc1. The Morgan fingerprint density at radius 3 is 2.41 bits per heavy atom. The summed E-state index contributed by atoms with van der Waals surface area (Å²) in [7, 11) is 0. The van der Waals surface area contributed by atoms with E-state index in [1.807, 2.05) is 36.4 Å². The van der Waals surface area contributed by atoms with Crippen LogP contribution in [0, 0.1) is 0 Å². The van der Waals surface area contributed by atoms with E-state index in [0.29, 0.717) is 5.82 Å². The van der Waals surface area contributed by atoms with E-state index >= 15 is 0 Å². The molecule has 0 atom stereocenters. The number of fused-ring (bicyclic) bond motifs is 3. The molecule has 3 aromatic heterocycles. The molecule has 37 heavy (non-hydrogen) atoms. The maximum Gasteiger partial charge on any atom is 0.164 e. The van der Waals surface area contributed by atoms with Crippen LogP contribution >= 0.6 is 11.3 Å². The molecule has 1 aliphatic rings. The lowest BCUT2D eigenvalue weighted by atomic mass is 9.97. The van der Waals surface area contributed by atoms with Gasteiger partial charge in [0.15, 0.2) is 5.82 Å². The van der Waals surface area contributed by atoms with Gasteiger partial charge in [-0.2, -0.15) is 0 Å². The molecule has 0 saturated carbocycles. The summed E-state index contributed by atoms with van der Waals surface area (Å²) in [6.45, 7) is 0. The lowest BCUT2D eigenvalue weighted by molar-refractivity contribution is 0.492. The van der Waals surface area contributed by atoms with Crippen LogP contribution in [-0.2, 0) is 0 Å². The topological polar surface area (TPSA) is 48.2 Å². The summed E-state index contributed by atoms with van der Waals surface area (Å²) in [4.78, 5) is 10.4. The summed E-state index contributed by atoms with van der Waals surface area (Å²) < 4.78 is 15.1. The van der Waals surface area contributed by atoms with E-state index in [0.717, 1.165) is 76.6 Å². The first-order valence-electron chi connectivity index (χ1n) is 12.2. The number of thiophene rings is 1. The van der Waals surface area contributed by atoms with Crippen molar-refractivity contribution in [2.45, 2.75) is 0 Å². The Morgan fingerprint density at radius 2 is 1.49 bits per heavy atom. The number of hydrogen-bond donors (Lipinski definition) is 0. The molecule has 5 heteroatoms. The van der Waals surface area contributed by atoms with Gasteiger partial charge in [0, 0.05) is 26.4 Å². The highest BCUT2D eigenvalue weighted by Crippen LogP contribution is 2.51. The zero-order valence-electron chi connectivity index (χ0n) is 19.4. The zero-order chi connectivity index (χ0) is 24.1. The molecule has 4 nitrogen and oxygen atoms in total. The second-order valence-electron chi connectivity index (χ2n) is 9.35. The molecule has 0 saturated heterocycles. The molecule has 0 spiro atoms. The molecule has 172 valence electrons. The minimum Gasteiger partial charge on any atom is -0.456 e. The Bertz CT molecular complexity index is 2230. The Balaban J connectivity index is 1.47. The van der Waals surface area contributed by atoms with Crippen molar-refractivity contribution < 1.29 is 9.15 Å². The number of rotatable bonds is 2. The summed E-state index contributed by atoms with van der Waals surface area (Å²) >= 11 is 1.74. The van der Waals surface area contributed by atoms with Crippen molar-refractivity contribution in [1.29, 1.82) is 0 Å². The third-order valence-corrected chi connectivity index (χ3v) is 8.42. The Labute approximate surface area is 214 Å². The maximum absolute atomic E-state index is 6.53. The van der Waals surface area contributed by atoms with Crippen LogP contribution in [0.25, 0.3) is 75.7 Å². The first-order chi connectivity index (χ1) is 18.3. The molecule has 5 aromatic carbocycles. The lowest BCUT2D eigenvalue weighted by Gasteiger charge is -2.16. The van der Waals surface area contributed by atoms with Gasteiger partial charge < -0.3 is 9.15 Å². The molecule has 1 aliphatic heterocycles. The maximum atomic E-state index is 6.53. The standard InChI is InChI=1S/C32H16N2O2S/c1-2-8-17(9-3-1)28-31-29(19-11-4-5-15-24(19)37-31)34-32(33-28)20-16-18-10-6-12-21-25(18)27-26-22(35-21)13-7-14-23(26)36-30(20)27/h1-16H. The Kier molecular flexibility index (Phi) is 3.64. The van der Waals surface area contributed by atoms with Crippen molar-refractivity contribution in [3.63, 3.8) is 0 Å². The number of benzene rings is 5. The van der Waals surface area contributed by atoms with Crippen LogP contribution in [0.2, 0.25) is 0 Å². The summed E-state index contributed by atoms with van der Waals surface area (Å²) in [6.07, 6.45) is 0. The summed E-state index contributed by atoms with van der Waals surface area (Å²) in [6, 6.07) is 33.1. The van der Waals surface area contributed by atoms with E-state index in [2.05, 4.69) is 60.7 Å². The van der Waals surface area contributed by atoms with Gasteiger partial charge in [0.1, 0.15) is 22.7 Å². The van der Waals surface area contributed by atoms with Gasteiger partial charge in [-0.15, -0.1) is 11.3 Å². The average Bonchev–Trinajstić information content (AvgIpc) is 3.53. The molecule has 0 unspecified atom stereocenters. The fourth-order valence-electron chi connectivity index (χ4n) is 5.66. The van der Waals surface area contributed by atoms with Crippen LogP contribution in [-0.4, -0.2) is 9.97 Å². The highest BCUT2D eigenvalue weighted by atomic mass is 32.1. The smallest absolute Gasteiger partial charge is 0.164 e. The molecule has 4 heterocycles. The molecule has 0 N–H and O–H groups in total. The highest BCUT2D eigenvalue weighted by Gasteiger charge is 2.26. The third kappa shape index (κ3) is 2.56. The summed E-state index contributed by atoms with van der Waals surface area (Å²) in [5.74, 6) is 2.33. The van der Waals surface area contributed by atoms with Gasteiger partial charge in [-0.3, -0.25) is 0 Å². The van der Waals surface area contributed by atoms with E-state index in [1.165, 1.54) is 4.70 Å². The first-order valence-corrected chi connectivity index (χ1v) is 13.0. The number of nitrogens with zero attached hydrogens (tertiary/aromatic N) is 2. The van der Waals surface area contributed by atoms with E-state index in [9.17, 15) is 0 Å². The quantitative estimate of drug-likeness (QED) is 0.241. The highest BCUT2D eigenvalue weighted by molar-refractivity contribution is 7.26. The van der Waals surface area contributed by atoms with Crippen molar-refractivity contribution in [3.05, 3.63) is 97.1 Å². The molecular weight excluding hydrogens is 476 g/mol. The van der Waals surface area contributed by atoms with Crippen LogP contribution < -0.4 is 4.74 Å². The Hall–Kier alpha value is -4.74. The van der Waals surface area contributed by atoms with Gasteiger partial charge in [0.2, 0.25) is 0 Å². The minimum atomic E-state index is 0.661. The normalized spacial score (nSPS) is 12.5. The van der Waals surface area contributed by atoms with Crippen molar-refractivity contribution in [3.8, 4) is 34.1 Å². The lowest BCUT2D eigenvalue weighted by Crippen LogP contribution is -1.96. The fourth-order valence-corrected chi connectivity index (χ4v) is 6.81. The number of furan rings is 1. The predicted octanol–water partition coefficient (Wildman–Crippen LogP) is 9.34. The zero-order valence-corrected chi connectivity index (χ0v) is 20.2. The number of hydrogen-bond acceptors (Lipinski definition) is 5. The van der Waals surface area contributed by atoms with Gasteiger partial charge in [-0.05, 0) is 35.7 Å². The van der Waals surface area contributed by atoms with Crippen molar-refractivity contribution in [2.75, 3.05) is 0 Å². The number of aromatic nitrogens is 2. The molecule has 0 aliphatic carbocycles. The van der Waals surface area contributed by atoms with Gasteiger partial charge in [0.05, 0.1) is 26.9 Å². The van der Waals surface area contributed by atoms with Crippen LogP contribution in [0.3, 0.4) is 0 Å². The number of ether oxygens (including phenoxy) is 1. The van der Waals surface area contributed by atoms with Crippen molar-refractivity contribution >= 4 is 64.4 Å². The summed E-state index contributed by atoms with van der Waals surface area (Å²) in [5, 5.41) is 5.37. The largest absolute Gasteiger partial charge is 0.456 e. The van der Waals surface area contributed by atoms with Crippen molar-refractivity contribution in [1.82, 2.24) is 9.97 Å².